The van der Waals surface area contributed by atoms with Gasteiger partial charge in [0.25, 0.3) is 0 Å². The van der Waals surface area contributed by atoms with E-state index in [1.165, 1.54) is 20.1 Å². The van der Waals surface area contributed by atoms with Crippen LogP contribution in [0.2, 0.25) is 0 Å². The predicted octanol–water partition coefficient (Wildman–Crippen LogP) is 2.79. The van der Waals surface area contributed by atoms with Gasteiger partial charge in [0.2, 0.25) is 0 Å². The Morgan fingerprint density at radius 3 is 2.30 bits per heavy atom. The van der Waals surface area contributed by atoms with Crippen molar-refractivity contribution in [3.8, 4) is 0 Å². The highest BCUT2D eigenvalue weighted by molar-refractivity contribution is 5.19. The Morgan fingerprint density at radius 1 is 1.50 bits per heavy atom. The fourth-order valence-corrected chi connectivity index (χ4v) is 0.982. The Hall–Kier alpha value is -0.790. The van der Waals surface area contributed by atoms with E-state index in [0.717, 1.165) is 5.56 Å². The molecule has 1 rings (SSSR count). The first-order valence-corrected chi connectivity index (χ1v) is 3.25. The van der Waals surface area contributed by atoms with E-state index in [1.54, 1.807) is 6.07 Å². The van der Waals surface area contributed by atoms with E-state index in [4.69, 9.17) is 4.42 Å². The molecule has 0 aliphatic heterocycles. The lowest BCUT2D eigenvalue weighted by atomic mass is 10.1. The van der Waals surface area contributed by atoms with Gasteiger partial charge in [0.15, 0.2) is 5.67 Å². The number of halogens is 1. The van der Waals surface area contributed by atoms with Gasteiger partial charge in [0, 0.05) is 0 Å². The molecule has 0 aliphatic rings. The molecule has 1 heterocycles. The van der Waals surface area contributed by atoms with E-state index < -0.39 is 5.67 Å². The maximum absolute atomic E-state index is 13.1. The van der Waals surface area contributed by atoms with Gasteiger partial charge in [0.05, 0.1) is 6.26 Å². The summed E-state index contributed by atoms with van der Waals surface area (Å²) in [6.07, 6.45) is 1.51. The van der Waals surface area contributed by atoms with Gasteiger partial charge in [-0.25, -0.2) is 4.39 Å². The Bertz CT molecular complexity index is 219. The highest BCUT2D eigenvalue weighted by Crippen LogP contribution is 2.27. The molecule has 0 bridgehead atoms. The van der Waals surface area contributed by atoms with Crippen molar-refractivity contribution in [2.45, 2.75) is 26.4 Å². The topological polar surface area (TPSA) is 13.1 Å². The summed E-state index contributed by atoms with van der Waals surface area (Å²) in [5.41, 5.74) is -0.486. The zero-order chi connectivity index (χ0) is 7.78. The molecule has 0 radical (unpaired) electrons. The van der Waals surface area contributed by atoms with E-state index in [2.05, 4.69) is 0 Å². The van der Waals surface area contributed by atoms with E-state index >= 15 is 0 Å². The van der Waals surface area contributed by atoms with Crippen LogP contribution in [0.5, 0.6) is 0 Å². The molecular formula is C8H11FO. The summed E-state index contributed by atoms with van der Waals surface area (Å²) in [5, 5.41) is 0. The van der Waals surface area contributed by atoms with Gasteiger partial charge >= 0.3 is 0 Å². The van der Waals surface area contributed by atoms with E-state index in [9.17, 15) is 4.39 Å². The minimum absolute atomic E-state index is 0.424. The van der Waals surface area contributed by atoms with Gasteiger partial charge in [-0.05, 0) is 32.4 Å². The lowest BCUT2D eigenvalue weighted by molar-refractivity contribution is 0.177. The molecule has 1 aromatic heterocycles. The van der Waals surface area contributed by atoms with Gasteiger partial charge in [-0.15, -0.1) is 0 Å². The van der Waals surface area contributed by atoms with Crippen LogP contribution in [0.3, 0.4) is 0 Å². The number of furan rings is 1. The van der Waals surface area contributed by atoms with Crippen molar-refractivity contribution in [2.75, 3.05) is 0 Å². The summed E-state index contributed by atoms with van der Waals surface area (Å²) in [6.45, 7) is 4.80. The van der Waals surface area contributed by atoms with Crippen LogP contribution in [0.25, 0.3) is 0 Å². The highest BCUT2D eigenvalue weighted by Gasteiger charge is 2.24. The number of hydrogen-bond acceptors (Lipinski definition) is 1. The van der Waals surface area contributed by atoms with E-state index in [1.807, 2.05) is 6.92 Å². The SMILES string of the molecule is Cc1ccoc1C(C)(C)F. The average molecular weight is 142 g/mol. The van der Waals surface area contributed by atoms with Gasteiger partial charge in [-0.3, -0.25) is 0 Å². The van der Waals surface area contributed by atoms with Crippen molar-refractivity contribution in [1.82, 2.24) is 0 Å². The first-order valence-electron chi connectivity index (χ1n) is 3.25. The van der Waals surface area contributed by atoms with Gasteiger partial charge in [-0.1, -0.05) is 0 Å². The second-order valence-corrected chi connectivity index (χ2v) is 2.91. The molecule has 10 heavy (non-hydrogen) atoms. The van der Waals surface area contributed by atoms with E-state index in [-0.39, 0.29) is 0 Å². The summed E-state index contributed by atoms with van der Waals surface area (Å²) >= 11 is 0. The summed E-state index contributed by atoms with van der Waals surface area (Å²) in [7, 11) is 0. The molecule has 0 fully saturated rings. The lowest BCUT2D eigenvalue weighted by Gasteiger charge is -2.10. The maximum Gasteiger partial charge on any atom is 0.162 e. The van der Waals surface area contributed by atoms with Crippen molar-refractivity contribution >= 4 is 0 Å². The van der Waals surface area contributed by atoms with Crippen LogP contribution in [-0.2, 0) is 5.67 Å². The quantitative estimate of drug-likeness (QED) is 0.587. The zero-order valence-electron chi connectivity index (χ0n) is 6.44. The normalized spacial score (nSPS) is 12.0. The molecule has 0 aliphatic carbocycles. The molecule has 0 aromatic carbocycles. The zero-order valence-corrected chi connectivity index (χ0v) is 6.44. The molecule has 0 atom stereocenters. The molecule has 1 nitrogen and oxygen atoms in total. The van der Waals surface area contributed by atoms with Gasteiger partial charge in [-0.2, -0.15) is 0 Å². The Balaban J connectivity index is 3.05. The number of aryl methyl sites for hydroxylation is 1. The molecule has 0 spiro atoms. The Morgan fingerprint density at radius 2 is 2.10 bits per heavy atom. The van der Waals surface area contributed by atoms with Crippen LogP contribution in [0.1, 0.15) is 25.2 Å². The van der Waals surface area contributed by atoms with Crippen molar-refractivity contribution in [3.05, 3.63) is 23.7 Å². The second kappa shape index (κ2) is 2.11. The standard InChI is InChI=1S/C8H11FO/c1-6-4-5-10-7(6)8(2,3)9/h4-5H,1-3H3. The molecule has 0 amide bonds. The third-order valence-electron chi connectivity index (χ3n) is 1.40. The molecule has 2 heteroatoms. The minimum Gasteiger partial charge on any atom is -0.466 e. The van der Waals surface area contributed by atoms with Crippen LogP contribution in [0.4, 0.5) is 4.39 Å². The molecule has 0 saturated carbocycles. The van der Waals surface area contributed by atoms with Crippen molar-refractivity contribution < 1.29 is 8.81 Å². The van der Waals surface area contributed by atoms with Crippen LogP contribution < -0.4 is 0 Å². The smallest absolute Gasteiger partial charge is 0.162 e. The fourth-order valence-electron chi connectivity index (χ4n) is 0.982. The molecular weight excluding hydrogens is 131 g/mol. The van der Waals surface area contributed by atoms with Crippen LogP contribution in [0, 0.1) is 6.92 Å². The van der Waals surface area contributed by atoms with Crippen molar-refractivity contribution in [1.29, 1.82) is 0 Å². The Labute approximate surface area is 59.9 Å². The minimum atomic E-state index is -1.35. The van der Waals surface area contributed by atoms with Crippen molar-refractivity contribution in [3.63, 3.8) is 0 Å². The first kappa shape index (κ1) is 7.32. The van der Waals surface area contributed by atoms with Gasteiger partial charge < -0.3 is 4.42 Å². The largest absolute Gasteiger partial charge is 0.466 e. The second-order valence-electron chi connectivity index (χ2n) is 2.91. The summed E-state index contributed by atoms with van der Waals surface area (Å²) in [6, 6.07) is 1.76. The predicted molar refractivity (Wildman–Crippen MR) is 37.6 cm³/mol. The summed E-state index contributed by atoms with van der Waals surface area (Å²) in [5.74, 6) is 0.424. The molecule has 56 valence electrons. The first-order chi connectivity index (χ1) is 4.52. The number of hydrogen-bond donors (Lipinski definition) is 0. The van der Waals surface area contributed by atoms with Crippen LogP contribution in [0.15, 0.2) is 16.7 Å². The van der Waals surface area contributed by atoms with Crippen LogP contribution in [-0.4, -0.2) is 0 Å². The lowest BCUT2D eigenvalue weighted by Crippen LogP contribution is -2.08. The highest BCUT2D eigenvalue weighted by atomic mass is 19.1. The maximum atomic E-state index is 13.1. The van der Waals surface area contributed by atoms with Crippen LogP contribution >= 0.6 is 0 Å². The average Bonchev–Trinajstić information content (AvgIpc) is 2.11. The third-order valence-corrected chi connectivity index (χ3v) is 1.40. The monoisotopic (exact) mass is 142 g/mol. The van der Waals surface area contributed by atoms with Gasteiger partial charge in [0.1, 0.15) is 5.76 Å². The summed E-state index contributed by atoms with van der Waals surface area (Å²) < 4.78 is 18.1. The number of alkyl halides is 1. The molecule has 0 unspecified atom stereocenters. The van der Waals surface area contributed by atoms with Crippen molar-refractivity contribution in [2.24, 2.45) is 0 Å². The van der Waals surface area contributed by atoms with E-state index in [0.29, 0.717) is 5.76 Å². The number of rotatable bonds is 1. The fraction of sp³-hybridized carbons (Fsp3) is 0.500. The Kier molecular flexibility index (Phi) is 1.55. The molecule has 1 aromatic rings. The third kappa shape index (κ3) is 1.20. The molecule has 0 saturated heterocycles. The summed E-state index contributed by atoms with van der Waals surface area (Å²) in [4.78, 5) is 0. The molecule has 0 N–H and O–H groups in total.